The van der Waals surface area contributed by atoms with Gasteiger partial charge < -0.3 is 15.4 Å². The number of nitrogens with one attached hydrogen (secondary N) is 2. The summed E-state index contributed by atoms with van der Waals surface area (Å²) >= 11 is 0. The van der Waals surface area contributed by atoms with E-state index in [0.29, 0.717) is 29.4 Å². The van der Waals surface area contributed by atoms with Gasteiger partial charge in [0.05, 0.1) is 12.7 Å². The highest BCUT2D eigenvalue weighted by Gasteiger charge is 2.12. The Morgan fingerprint density at radius 1 is 1.30 bits per heavy atom. The molecule has 0 aliphatic rings. The van der Waals surface area contributed by atoms with Crippen molar-refractivity contribution in [2.75, 3.05) is 24.3 Å². The fourth-order valence-corrected chi connectivity index (χ4v) is 1.80. The predicted octanol–water partition coefficient (Wildman–Crippen LogP) is 2.77. The van der Waals surface area contributed by atoms with E-state index in [1.807, 2.05) is 25.1 Å². The average Bonchev–Trinajstić information content (AvgIpc) is 2.48. The third-order valence-electron chi connectivity index (χ3n) is 2.72. The van der Waals surface area contributed by atoms with Gasteiger partial charge in [-0.05, 0) is 31.2 Å². The van der Waals surface area contributed by atoms with Crippen LogP contribution in [0, 0.1) is 0 Å². The zero-order valence-electron chi connectivity index (χ0n) is 11.5. The van der Waals surface area contributed by atoms with E-state index in [2.05, 4.69) is 15.6 Å². The molecule has 1 heterocycles. The molecule has 1 aromatic heterocycles. The number of anilines is 2. The summed E-state index contributed by atoms with van der Waals surface area (Å²) < 4.78 is 5.13. The standard InChI is InChI=1S/C15H17N3O2/c1-3-16-14-13(8-5-9-17-14)15(19)18-11-6-4-7-12(10-11)20-2/h4-10H,3H2,1-2H3,(H,16,17)(H,18,19). The lowest BCUT2D eigenvalue weighted by Gasteiger charge is -2.10. The van der Waals surface area contributed by atoms with Gasteiger partial charge in [0.25, 0.3) is 5.91 Å². The Morgan fingerprint density at radius 3 is 2.90 bits per heavy atom. The summed E-state index contributed by atoms with van der Waals surface area (Å²) in [5.41, 5.74) is 1.19. The van der Waals surface area contributed by atoms with Crippen molar-refractivity contribution in [2.45, 2.75) is 6.92 Å². The Bertz CT molecular complexity index is 599. The summed E-state index contributed by atoms with van der Waals surface area (Å²) in [5.74, 6) is 1.07. The second-order valence-electron chi connectivity index (χ2n) is 4.12. The molecule has 0 aliphatic heterocycles. The van der Waals surface area contributed by atoms with Crippen LogP contribution in [0.2, 0.25) is 0 Å². The Balaban J connectivity index is 2.19. The minimum Gasteiger partial charge on any atom is -0.497 e. The molecule has 0 bridgehead atoms. The maximum atomic E-state index is 12.3. The van der Waals surface area contributed by atoms with E-state index in [9.17, 15) is 4.79 Å². The quantitative estimate of drug-likeness (QED) is 0.877. The number of ether oxygens (including phenoxy) is 1. The maximum Gasteiger partial charge on any atom is 0.259 e. The van der Waals surface area contributed by atoms with Gasteiger partial charge in [0.2, 0.25) is 0 Å². The molecule has 1 aromatic carbocycles. The highest BCUT2D eigenvalue weighted by Crippen LogP contribution is 2.19. The first-order valence-corrected chi connectivity index (χ1v) is 6.39. The smallest absolute Gasteiger partial charge is 0.259 e. The van der Waals surface area contributed by atoms with Crippen molar-refractivity contribution in [3.8, 4) is 5.75 Å². The second kappa shape index (κ2) is 6.56. The Hall–Kier alpha value is -2.56. The molecule has 0 unspecified atom stereocenters. The van der Waals surface area contributed by atoms with Crippen LogP contribution in [0.3, 0.4) is 0 Å². The molecule has 0 fully saturated rings. The second-order valence-corrected chi connectivity index (χ2v) is 4.12. The molecule has 2 aromatic rings. The van der Waals surface area contributed by atoms with E-state index in [1.165, 1.54) is 0 Å². The maximum absolute atomic E-state index is 12.3. The molecule has 0 atom stereocenters. The molecule has 1 amide bonds. The minimum absolute atomic E-state index is 0.206. The van der Waals surface area contributed by atoms with Gasteiger partial charge in [-0.3, -0.25) is 4.79 Å². The van der Waals surface area contributed by atoms with Crippen LogP contribution in [0.5, 0.6) is 5.75 Å². The van der Waals surface area contributed by atoms with Gasteiger partial charge in [0.15, 0.2) is 0 Å². The minimum atomic E-state index is -0.206. The van der Waals surface area contributed by atoms with Gasteiger partial charge >= 0.3 is 0 Å². The lowest BCUT2D eigenvalue weighted by Crippen LogP contribution is -2.15. The molecule has 20 heavy (non-hydrogen) atoms. The molecule has 0 saturated heterocycles. The molecule has 104 valence electrons. The van der Waals surface area contributed by atoms with Gasteiger partial charge in [-0.25, -0.2) is 4.98 Å². The molecule has 2 N–H and O–H groups in total. The first-order valence-electron chi connectivity index (χ1n) is 6.39. The van der Waals surface area contributed by atoms with Crippen LogP contribution in [0.15, 0.2) is 42.6 Å². The van der Waals surface area contributed by atoms with Crippen LogP contribution in [0.25, 0.3) is 0 Å². The highest BCUT2D eigenvalue weighted by molar-refractivity contribution is 6.07. The van der Waals surface area contributed by atoms with Crippen LogP contribution in [-0.4, -0.2) is 24.5 Å². The number of hydrogen-bond acceptors (Lipinski definition) is 4. The molecule has 0 aliphatic carbocycles. The highest BCUT2D eigenvalue weighted by atomic mass is 16.5. The average molecular weight is 271 g/mol. The monoisotopic (exact) mass is 271 g/mol. The van der Waals surface area contributed by atoms with Gasteiger partial charge in [-0.1, -0.05) is 6.07 Å². The Kier molecular flexibility index (Phi) is 4.55. The molecule has 5 heteroatoms. The van der Waals surface area contributed by atoms with Crippen molar-refractivity contribution in [2.24, 2.45) is 0 Å². The summed E-state index contributed by atoms with van der Waals surface area (Å²) in [5, 5.41) is 5.90. The Morgan fingerprint density at radius 2 is 2.15 bits per heavy atom. The van der Waals surface area contributed by atoms with Crippen molar-refractivity contribution in [1.82, 2.24) is 4.98 Å². The number of hydrogen-bond donors (Lipinski definition) is 2. The fraction of sp³-hybridized carbons (Fsp3) is 0.200. The predicted molar refractivity (Wildman–Crippen MR) is 79.3 cm³/mol. The van der Waals surface area contributed by atoms with Gasteiger partial charge in [0.1, 0.15) is 11.6 Å². The third kappa shape index (κ3) is 3.26. The number of carbonyl (C=O) groups is 1. The summed E-state index contributed by atoms with van der Waals surface area (Å²) in [6.45, 7) is 2.66. The largest absolute Gasteiger partial charge is 0.497 e. The number of methoxy groups -OCH3 is 1. The zero-order valence-corrected chi connectivity index (χ0v) is 11.5. The number of carbonyl (C=O) groups excluding carboxylic acids is 1. The first-order chi connectivity index (χ1) is 9.74. The summed E-state index contributed by atoms with van der Waals surface area (Å²) in [7, 11) is 1.59. The van der Waals surface area contributed by atoms with Gasteiger partial charge in [-0.2, -0.15) is 0 Å². The number of amides is 1. The number of benzene rings is 1. The lowest BCUT2D eigenvalue weighted by molar-refractivity contribution is 0.102. The van der Waals surface area contributed by atoms with E-state index < -0.39 is 0 Å². The van der Waals surface area contributed by atoms with Crippen molar-refractivity contribution >= 4 is 17.4 Å². The van der Waals surface area contributed by atoms with E-state index >= 15 is 0 Å². The molecule has 2 rings (SSSR count). The summed E-state index contributed by atoms with van der Waals surface area (Å²) in [6.07, 6.45) is 1.65. The molecule has 5 nitrogen and oxygen atoms in total. The van der Waals surface area contributed by atoms with Crippen LogP contribution in [0.4, 0.5) is 11.5 Å². The lowest BCUT2D eigenvalue weighted by atomic mass is 10.2. The van der Waals surface area contributed by atoms with Crippen molar-refractivity contribution < 1.29 is 9.53 Å². The fourth-order valence-electron chi connectivity index (χ4n) is 1.80. The van der Waals surface area contributed by atoms with Gasteiger partial charge in [0, 0.05) is 24.5 Å². The molecule has 0 saturated carbocycles. The summed E-state index contributed by atoms with van der Waals surface area (Å²) in [4.78, 5) is 16.4. The number of aromatic nitrogens is 1. The van der Waals surface area contributed by atoms with Gasteiger partial charge in [-0.15, -0.1) is 0 Å². The number of rotatable bonds is 5. The molecular formula is C15H17N3O2. The summed E-state index contributed by atoms with van der Waals surface area (Å²) in [6, 6.07) is 10.7. The molecular weight excluding hydrogens is 254 g/mol. The van der Waals surface area contributed by atoms with Crippen LogP contribution in [-0.2, 0) is 0 Å². The zero-order chi connectivity index (χ0) is 14.4. The molecule has 0 radical (unpaired) electrons. The van der Waals surface area contributed by atoms with Crippen LogP contribution in [0.1, 0.15) is 17.3 Å². The number of pyridine rings is 1. The molecule has 0 spiro atoms. The van der Waals surface area contributed by atoms with Crippen molar-refractivity contribution in [3.05, 3.63) is 48.2 Å². The number of nitrogens with zero attached hydrogens (tertiary/aromatic N) is 1. The van der Waals surface area contributed by atoms with E-state index in [4.69, 9.17) is 4.74 Å². The van der Waals surface area contributed by atoms with Crippen LogP contribution >= 0.6 is 0 Å². The van der Waals surface area contributed by atoms with Crippen LogP contribution < -0.4 is 15.4 Å². The normalized spacial score (nSPS) is 9.90. The van der Waals surface area contributed by atoms with Crippen molar-refractivity contribution in [3.63, 3.8) is 0 Å². The first kappa shape index (κ1) is 13.9. The van der Waals surface area contributed by atoms with E-state index in [-0.39, 0.29) is 5.91 Å². The third-order valence-corrected chi connectivity index (χ3v) is 2.72. The van der Waals surface area contributed by atoms with Crippen molar-refractivity contribution in [1.29, 1.82) is 0 Å². The SMILES string of the molecule is CCNc1ncccc1C(=O)Nc1cccc(OC)c1. The topological polar surface area (TPSA) is 63.2 Å². The van der Waals surface area contributed by atoms with E-state index in [0.717, 1.165) is 0 Å². The Labute approximate surface area is 118 Å². The van der Waals surface area contributed by atoms with E-state index in [1.54, 1.807) is 31.5 Å².